The highest BCUT2D eigenvalue weighted by molar-refractivity contribution is 6.33. The first-order chi connectivity index (χ1) is 9.16. The molecule has 1 heterocycles. The average Bonchev–Trinajstić information content (AvgIpc) is 2.65. The van der Waals surface area contributed by atoms with Crippen LogP contribution in [-0.2, 0) is 9.53 Å². The van der Waals surface area contributed by atoms with Gasteiger partial charge in [-0.15, -0.1) is 0 Å². The minimum Gasteiger partial charge on any atom is -0.478 e. The first-order valence-electron chi connectivity index (χ1n) is 6.20. The lowest BCUT2D eigenvalue weighted by Crippen LogP contribution is -2.26. The van der Waals surface area contributed by atoms with Gasteiger partial charge in [0.1, 0.15) is 0 Å². The molecule has 19 heavy (non-hydrogen) atoms. The van der Waals surface area contributed by atoms with E-state index in [-0.39, 0.29) is 0 Å². The molecule has 0 atom stereocenters. The van der Waals surface area contributed by atoms with E-state index in [9.17, 15) is 4.79 Å². The minimum atomic E-state index is -0.968. The van der Waals surface area contributed by atoms with E-state index in [0.29, 0.717) is 11.6 Å². The fraction of sp³-hybridized carbons (Fsp3) is 0.357. The number of carboxylic acids is 1. The summed E-state index contributed by atoms with van der Waals surface area (Å²) in [5, 5.41) is 9.23. The second kappa shape index (κ2) is 6.59. The predicted molar refractivity (Wildman–Crippen MR) is 75.8 cm³/mol. The van der Waals surface area contributed by atoms with Gasteiger partial charge in [-0.05, 0) is 30.2 Å². The van der Waals surface area contributed by atoms with Gasteiger partial charge in [-0.1, -0.05) is 17.7 Å². The van der Waals surface area contributed by atoms with Crippen molar-refractivity contribution >= 4 is 29.3 Å². The third kappa shape index (κ3) is 3.98. The first kappa shape index (κ1) is 13.9. The number of hydrogen-bond donors (Lipinski definition) is 1. The summed E-state index contributed by atoms with van der Waals surface area (Å²) in [5.41, 5.74) is 1.75. The van der Waals surface area contributed by atoms with Crippen LogP contribution in [0.1, 0.15) is 12.0 Å². The Hall–Kier alpha value is -1.52. The van der Waals surface area contributed by atoms with Gasteiger partial charge in [0, 0.05) is 25.8 Å². The van der Waals surface area contributed by atoms with Gasteiger partial charge in [0.25, 0.3) is 0 Å². The third-order valence-electron chi connectivity index (χ3n) is 2.95. The number of hydrogen-bond acceptors (Lipinski definition) is 3. The lowest BCUT2D eigenvalue weighted by molar-refractivity contribution is -0.131. The molecule has 0 aliphatic carbocycles. The van der Waals surface area contributed by atoms with E-state index in [1.807, 2.05) is 12.1 Å². The molecule has 1 aliphatic rings. The molecule has 1 N–H and O–H groups in total. The van der Waals surface area contributed by atoms with Crippen molar-refractivity contribution in [1.82, 2.24) is 0 Å². The summed E-state index contributed by atoms with van der Waals surface area (Å²) in [6, 6.07) is 5.57. The Kier molecular flexibility index (Phi) is 4.82. The number of carbonyl (C=O) groups is 1. The van der Waals surface area contributed by atoms with Gasteiger partial charge >= 0.3 is 5.97 Å². The van der Waals surface area contributed by atoms with Crippen molar-refractivity contribution in [2.75, 3.05) is 31.2 Å². The van der Waals surface area contributed by atoms with Gasteiger partial charge in [-0.25, -0.2) is 4.79 Å². The van der Waals surface area contributed by atoms with Gasteiger partial charge < -0.3 is 14.7 Å². The van der Waals surface area contributed by atoms with Gasteiger partial charge in [0.2, 0.25) is 0 Å². The van der Waals surface area contributed by atoms with Crippen molar-refractivity contribution in [2.24, 2.45) is 0 Å². The summed E-state index contributed by atoms with van der Waals surface area (Å²) in [7, 11) is 0. The highest BCUT2D eigenvalue weighted by Gasteiger charge is 2.12. The summed E-state index contributed by atoms with van der Waals surface area (Å²) in [6.07, 6.45) is 3.62. The largest absolute Gasteiger partial charge is 0.478 e. The fourth-order valence-electron chi connectivity index (χ4n) is 2.04. The normalized spacial score (nSPS) is 16.6. The van der Waals surface area contributed by atoms with Crippen LogP contribution in [-0.4, -0.2) is 37.4 Å². The third-order valence-corrected chi connectivity index (χ3v) is 3.26. The molecule has 0 bridgehead atoms. The highest BCUT2D eigenvalue weighted by atomic mass is 35.5. The Morgan fingerprint density at radius 1 is 1.37 bits per heavy atom. The number of carboxylic acid groups (broad SMARTS) is 1. The molecule has 1 aromatic rings. The molecule has 2 rings (SSSR count). The molecule has 1 aliphatic heterocycles. The van der Waals surface area contributed by atoms with Crippen LogP contribution in [0.15, 0.2) is 24.3 Å². The second-order valence-electron chi connectivity index (χ2n) is 4.34. The summed E-state index contributed by atoms with van der Waals surface area (Å²) in [6.45, 7) is 3.23. The van der Waals surface area contributed by atoms with Gasteiger partial charge in [0.15, 0.2) is 0 Å². The summed E-state index contributed by atoms with van der Waals surface area (Å²) < 4.78 is 5.41. The van der Waals surface area contributed by atoms with Crippen LogP contribution in [0.25, 0.3) is 6.08 Å². The van der Waals surface area contributed by atoms with Crippen molar-refractivity contribution in [2.45, 2.75) is 6.42 Å². The summed E-state index contributed by atoms with van der Waals surface area (Å²) in [4.78, 5) is 12.7. The zero-order valence-electron chi connectivity index (χ0n) is 10.5. The number of aliphatic carboxylic acids is 1. The van der Waals surface area contributed by atoms with Gasteiger partial charge in [-0.2, -0.15) is 0 Å². The smallest absolute Gasteiger partial charge is 0.328 e. The second-order valence-corrected chi connectivity index (χ2v) is 4.74. The Balaban J connectivity index is 2.16. The van der Waals surface area contributed by atoms with E-state index in [1.54, 1.807) is 6.07 Å². The van der Waals surface area contributed by atoms with E-state index in [2.05, 4.69) is 4.90 Å². The Bertz CT molecular complexity index is 480. The molecule has 5 heteroatoms. The van der Waals surface area contributed by atoms with Crippen molar-refractivity contribution in [3.63, 3.8) is 0 Å². The quantitative estimate of drug-likeness (QED) is 0.866. The molecule has 102 valence electrons. The maximum atomic E-state index is 10.5. The monoisotopic (exact) mass is 281 g/mol. The van der Waals surface area contributed by atoms with Crippen LogP contribution < -0.4 is 4.90 Å². The molecular weight excluding hydrogens is 266 g/mol. The van der Waals surface area contributed by atoms with Crippen LogP contribution in [0.5, 0.6) is 0 Å². The minimum absolute atomic E-state index is 0.634. The number of anilines is 1. The predicted octanol–water partition coefficient (Wildman–Crippen LogP) is 2.66. The molecule has 0 spiro atoms. The van der Waals surface area contributed by atoms with Crippen molar-refractivity contribution in [3.8, 4) is 0 Å². The molecule has 1 saturated heterocycles. The van der Waals surface area contributed by atoms with Crippen LogP contribution in [0.3, 0.4) is 0 Å². The molecule has 1 aromatic carbocycles. The van der Waals surface area contributed by atoms with E-state index < -0.39 is 5.97 Å². The standard InChI is InChI=1S/C14H16ClNO3/c15-12-10-11(3-5-14(17)18)2-4-13(12)16-6-1-8-19-9-7-16/h2-5,10H,1,6-9H2,(H,17,18)/b5-3+. The first-order valence-corrected chi connectivity index (χ1v) is 6.58. The molecule has 0 aromatic heterocycles. The lowest BCUT2D eigenvalue weighted by Gasteiger charge is -2.23. The topological polar surface area (TPSA) is 49.8 Å². The number of benzene rings is 1. The Morgan fingerprint density at radius 3 is 2.95 bits per heavy atom. The van der Waals surface area contributed by atoms with Crippen molar-refractivity contribution in [1.29, 1.82) is 0 Å². The van der Waals surface area contributed by atoms with E-state index >= 15 is 0 Å². The summed E-state index contributed by atoms with van der Waals surface area (Å²) in [5.74, 6) is -0.968. The highest BCUT2D eigenvalue weighted by Crippen LogP contribution is 2.28. The van der Waals surface area contributed by atoms with Gasteiger partial charge in [-0.3, -0.25) is 0 Å². The lowest BCUT2D eigenvalue weighted by atomic mass is 10.1. The maximum Gasteiger partial charge on any atom is 0.328 e. The molecular formula is C14H16ClNO3. The maximum absolute atomic E-state index is 10.5. The molecule has 0 amide bonds. The van der Waals surface area contributed by atoms with Crippen LogP contribution in [0.2, 0.25) is 5.02 Å². The van der Waals surface area contributed by atoms with E-state index in [4.69, 9.17) is 21.4 Å². The average molecular weight is 282 g/mol. The molecule has 4 nitrogen and oxygen atoms in total. The van der Waals surface area contributed by atoms with Crippen LogP contribution in [0.4, 0.5) is 5.69 Å². The molecule has 0 unspecified atom stereocenters. The molecule has 0 saturated carbocycles. The fourth-order valence-corrected chi connectivity index (χ4v) is 2.35. The zero-order chi connectivity index (χ0) is 13.7. The van der Waals surface area contributed by atoms with Crippen LogP contribution in [0, 0.1) is 0 Å². The van der Waals surface area contributed by atoms with Crippen LogP contribution >= 0.6 is 11.6 Å². The summed E-state index contributed by atoms with van der Waals surface area (Å²) >= 11 is 6.27. The van der Waals surface area contributed by atoms with E-state index in [0.717, 1.165) is 43.4 Å². The number of nitrogens with zero attached hydrogens (tertiary/aromatic N) is 1. The molecule has 1 fully saturated rings. The number of halogens is 1. The van der Waals surface area contributed by atoms with E-state index in [1.165, 1.54) is 6.08 Å². The van der Waals surface area contributed by atoms with Crippen molar-refractivity contribution in [3.05, 3.63) is 34.9 Å². The zero-order valence-corrected chi connectivity index (χ0v) is 11.3. The van der Waals surface area contributed by atoms with Crippen molar-refractivity contribution < 1.29 is 14.6 Å². The SMILES string of the molecule is O=C(O)/C=C/c1ccc(N2CCCOCC2)c(Cl)c1. The molecule has 0 radical (unpaired) electrons. The van der Waals surface area contributed by atoms with Gasteiger partial charge in [0.05, 0.1) is 17.3 Å². The number of ether oxygens (including phenoxy) is 1. The number of rotatable bonds is 3. The Morgan fingerprint density at radius 2 is 2.21 bits per heavy atom. The Labute approximate surface area is 117 Å².